The van der Waals surface area contributed by atoms with E-state index in [2.05, 4.69) is 10.3 Å². The Morgan fingerprint density at radius 2 is 1.78 bits per heavy atom. The van der Waals surface area contributed by atoms with Crippen molar-refractivity contribution in [3.05, 3.63) is 76.4 Å². The third-order valence-corrected chi connectivity index (χ3v) is 7.49. The van der Waals surface area contributed by atoms with Crippen LogP contribution in [0.25, 0.3) is 0 Å². The van der Waals surface area contributed by atoms with E-state index < -0.39 is 33.6 Å². The second kappa shape index (κ2) is 8.82. The van der Waals surface area contributed by atoms with Crippen molar-refractivity contribution < 1.29 is 17.6 Å². The maximum atomic E-state index is 13.5. The third kappa shape index (κ3) is 4.66. The van der Waals surface area contributed by atoms with E-state index in [1.54, 1.807) is 31.3 Å². The summed E-state index contributed by atoms with van der Waals surface area (Å²) in [6, 6.07) is 10.3. The maximum absolute atomic E-state index is 13.5. The first-order valence-corrected chi connectivity index (χ1v) is 11.8. The quantitative estimate of drug-likeness (QED) is 0.580. The first-order chi connectivity index (χ1) is 15.1. The van der Waals surface area contributed by atoms with E-state index in [0.29, 0.717) is 21.3 Å². The number of aromatic nitrogens is 2. The molecule has 0 spiro atoms. The second-order valence-electron chi connectivity index (χ2n) is 7.61. The molecule has 2 atom stereocenters. The highest BCUT2D eigenvalue weighted by Gasteiger charge is 2.44. The van der Waals surface area contributed by atoms with E-state index in [1.165, 1.54) is 39.6 Å². The lowest BCUT2D eigenvalue weighted by molar-refractivity contribution is -0.119. The van der Waals surface area contributed by atoms with Crippen LogP contribution in [0, 0.1) is 11.7 Å². The highest BCUT2D eigenvalue weighted by Crippen LogP contribution is 2.36. The molecule has 1 amide bonds. The molecular formula is C21H19Cl2FN4O3S. The first-order valence-electron chi connectivity index (χ1n) is 9.64. The number of benzene rings is 2. The topological polar surface area (TPSA) is 84.3 Å². The Balaban J connectivity index is 1.65. The number of rotatable bonds is 5. The average molecular weight is 497 g/mol. The minimum atomic E-state index is -3.91. The van der Waals surface area contributed by atoms with E-state index >= 15 is 0 Å². The van der Waals surface area contributed by atoms with Gasteiger partial charge >= 0.3 is 0 Å². The van der Waals surface area contributed by atoms with Crippen molar-refractivity contribution in [1.29, 1.82) is 0 Å². The molecule has 2 aromatic carbocycles. The minimum Gasteiger partial charge on any atom is -0.339 e. The summed E-state index contributed by atoms with van der Waals surface area (Å²) in [4.78, 5) is 17.1. The smallest absolute Gasteiger partial charge is 0.262 e. The normalized spacial score (nSPS) is 19.2. The van der Waals surface area contributed by atoms with Gasteiger partial charge in [0.2, 0.25) is 5.91 Å². The highest BCUT2D eigenvalue weighted by atomic mass is 35.5. The minimum absolute atomic E-state index is 0.0545. The molecule has 1 fully saturated rings. The van der Waals surface area contributed by atoms with E-state index in [9.17, 15) is 17.6 Å². The van der Waals surface area contributed by atoms with Crippen LogP contribution in [-0.4, -0.2) is 41.3 Å². The zero-order valence-electron chi connectivity index (χ0n) is 16.9. The van der Waals surface area contributed by atoms with Gasteiger partial charge in [0.25, 0.3) is 10.0 Å². The fourth-order valence-corrected chi connectivity index (χ4v) is 5.78. The molecule has 7 nitrogen and oxygen atoms in total. The van der Waals surface area contributed by atoms with Crippen molar-refractivity contribution in [2.45, 2.75) is 10.9 Å². The van der Waals surface area contributed by atoms with Gasteiger partial charge in [0.05, 0.1) is 12.2 Å². The Bertz CT molecular complexity index is 1240. The number of amides is 1. The predicted molar refractivity (Wildman–Crippen MR) is 120 cm³/mol. The van der Waals surface area contributed by atoms with Crippen LogP contribution in [0.15, 0.2) is 60.0 Å². The standard InChI is InChI=1S/C21H19Cl2FN4O3S/c1-27-11-20(25-12-27)32(30,31)28-9-18(13-2-4-16(24)5-3-13)19(10-28)21(29)26-17-7-14(22)6-15(23)8-17/h2-8,11-12,18-19H,9-10H2,1H3,(H,26,29). The molecule has 4 rings (SSSR count). The summed E-state index contributed by atoms with van der Waals surface area (Å²) >= 11 is 12.0. The van der Waals surface area contributed by atoms with Gasteiger partial charge in [-0.25, -0.2) is 17.8 Å². The molecule has 0 saturated carbocycles. The summed E-state index contributed by atoms with van der Waals surface area (Å²) in [6.07, 6.45) is 2.80. The zero-order valence-corrected chi connectivity index (χ0v) is 19.2. The van der Waals surface area contributed by atoms with Gasteiger partial charge in [-0.2, -0.15) is 4.31 Å². The Morgan fingerprint density at radius 1 is 1.12 bits per heavy atom. The molecule has 3 aromatic rings. The predicted octanol–water partition coefficient (Wildman–Crippen LogP) is 3.91. The van der Waals surface area contributed by atoms with Crippen LogP contribution >= 0.6 is 23.2 Å². The number of sulfonamides is 1. The molecule has 1 aliphatic rings. The number of carbonyl (C=O) groups excluding carboxylic acids is 1. The Labute approximate surface area is 194 Å². The first kappa shape index (κ1) is 22.7. The van der Waals surface area contributed by atoms with Crippen LogP contribution in [0.1, 0.15) is 11.5 Å². The highest BCUT2D eigenvalue weighted by molar-refractivity contribution is 7.89. The fourth-order valence-electron chi connectivity index (χ4n) is 3.79. The molecule has 1 saturated heterocycles. The van der Waals surface area contributed by atoms with Gasteiger partial charge in [-0.3, -0.25) is 4.79 Å². The SMILES string of the molecule is Cn1cnc(S(=O)(=O)N2CC(C(=O)Nc3cc(Cl)cc(Cl)c3)C(c3ccc(F)cc3)C2)c1. The van der Waals surface area contributed by atoms with E-state index in [0.717, 1.165) is 0 Å². The number of carbonyl (C=O) groups is 1. The molecular weight excluding hydrogens is 478 g/mol. The fraction of sp³-hybridized carbons (Fsp3) is 0.238. The van der Waals surface area contributed by atoms with Crippen molar-refractivity contribution in [1.82, 2.24) is 13.9 Å². The molecule has 0 aliphatic carbocycles. The van der Waals surface area contributed by atoms with Crippen molar-refractivity contribution >= 4 is 44.8 Å². The number of hydrogen-bond acceptors (Lipinski definition) is 4. The number of nitrogens with one attached hydrogen (secondary N) is 1. The molecule has 1 N–H and O–H groups in total. The van der Waals surface area contributed by atoms with E-state index in [4.69, 9.17) is 23.2 Å². The largest absolute Gasteiger partial charge is 0.339 e. The van der Waals surface area contributed by atoms with Gasteiger partial charge in [-0.15, -0.1) is 0 Å². The van der Waals surface area contributed by atoms with Gasteiger partial charge in [0.15, 0.2) is 5.03 Å². The molecule has 168 valence electrons. The van der Waals surface area contributed by atoms with Crippen LogP contribution in [-0.2, 0) is 21.9 Å². The van der Waals surface area contributed by atoms with Crippen LogP contribution in [0.3, 0.4) is 0 Å². The lowest BCUT2D eigenvalue weighted by Crippen LogP contribution is -2.32. The number of imidazole rings is 1. The summed E-state index contributed by atoms with van der Waals surface area (Å²) in [5, 5.41) is 3.38. The average Bonchev–Trinajstić information content (AvgIpc) is 3.35. The summed E-state index contributed by atoms with van der Waals surface area (Å²) in [7, 11) is -2.24. The third-order valence-electron chi connectivity index (χ3n) is 5.34. The lowest BCUT2D eigenvalue weighted by Gasteiger charge is -2.18. The molecule has 32 heavy (non-hydrogen) atoms. The van der Waals surface area contributed by atoms with Gasteiger partial charge in [0, 0.05) is 48.0 Å². The summed E-state index contributed by atoms with van der Waals surface area (Å²) in [5.41, 5.74) is 1.06. The number of halogens is 3. The lowest BCUT2D eigenvalue weighted by atomic mass is 9.88. The summed E-state index contributed by atoms with van der Waals surface area (Å²) in [5.74, 6) is -2.02. The van der Waals surface area contributed by atoms with Crippen molar-refractivity contribution in [2.75, 3.05) is 18.4 Å². The summed E-state index contributed by atoms with van der Waals surface area (Å²) < 4.78 is 42.5. The molecule has 1 aliphatic heterocycles. The number of anilines is 1. The Morgan fingerprint density at radius 3 is 2.38 bits per heavy atom. The number of nitrogens with zero attached hydrogens (tertiary/aromatic N) is 3. The molecule has 2 heterocycles. The molecule has 0 bridgehead atoms. The Kier molecular flexibility index (Phi) is 6.26. The number of aryl methyl sites for hydroxylation is 1. The van der Waals surface area contributed by atoms with E-state index in [-0.39, 0.29) is 18.1 Å². The van der Waals surface area contributed by atoms with Crippen LogP contribution < -0.4 is 5.32 Å². The maximum Gasteiger partial charge on any atom is 0.262 e. The molecule has 0 radical (unpaired) electrons. The van der Waals surface area contributed by atoms with Gasteiger partial charge in [0.1, 0.15) is 5.82 Å². The molecule has 1 aromatic heterocycles. The summed E-state index contributed by atoms with van der Waals surface area (Å²) in [6.45, 7) is 0.0000105. The Hall–Kier alpha value is -2.46. The van der Waals surface area contributed by atoms with Crippen LogP contribution in [0.5, 0.6) is 0 Å². The van der Waals surface area contributed by atoms with Crippen LogP contribution in [0.4, 0.5) is 10.1 Å². The van der Waals surface area contributed by atoms with Crippen LogP contribution in [0.2, 0.25) is 10.0 Å². The van der Waals surface area contributed by atoms with Crippen molar-refractivity contribution in [3.63, 3.8) is 0 Å². The second-order valence-corrected chi connectivity index (χ2v) is 10.4. The van der Waals surface area contributed by atoms with E-state index in [1.807, 2.05) is 0 Å². The number of hydrogen-bond donors (Lipinski definition) is 1. The van der Waals surface area contributed by atoms with Crippen molar-refractivity contribution in [3.8, 4) is 0 Å². The van der Waals surface area contributed by atoms with Gasteiger partial charge in [-0.1, -0.05) is 35.3 Å². The zero-order chi connectivity index (χ0) is 23.0. The van der Waals surface area contributed by atoms with Gasteiger partial charge in [-0.05, 0) is 35.9 Å². The monoisotopic (exact) mass is 496 g/mol. The van der Waals surface area contributed by atoms with Crippen molar-refractivity contribution in [2.24, 2.45) is 13.0 Å². The van der Waals surface area contributed by atoms with Gasteiger partial charge < -0.3 is 9.88 Å². The molecule has 2 unspecified atom stereocenters. The molecule has 11 heteroatoms.